The van der Waals surface area contributed by atoms with Crippen molar-refractivity contribution in [2.24, 2.45) is 0 Å². The Labute approximate surface area is 206 Å². The zero-order valence-corrected chi connectivity index (χ0v) is 21.5. The summed E-state index contributed by atoms with van der Waals surface area (Å²) in [6, 6.07) is 20.9. The Bertz CT molecular complexity index is 699. The first-order valence-corrected chi connectivity index (χ1v) is 12.8. The van der Waals surface area contributed by atoms with Gasteiger partial charge in [-0.25, -0.2) is 0 Å². The summed E-state index contributed by atoms with van der Waals surface area (Å²) in [7, 11) is 0. The van der Waals surface area contributed by atoms with Crippen LogP contribution >= 0.6 is 22.6 Å². The molecule has 0 fully saturated rings. The zero-order chi connectivity index (χ0) is 23.4. The van der Waals surface area contributed by atoms with Crippen molar-refractivity contribution in [3.8, 4) is 0 Å². The molecule has 0 amide bonds. The smallest absolute Gasteiger partial charge is 0.305 e. The summed E-state index contributed by atoms with van der Waals surface area (Å²) in [4.78, 5) is 24.5. The van der Waals surface area contributed by atoms with Gasteiger partial charge in [0, 0.05) is 30.4 Å². The average molecular weight is 553 g/mol. The third kappa shape index (κ3) is 14.2. The van der Waals surface area contributed by atoms with E-state index in [-0.39, 0.29) is 11.9 Å². The summed E-state index contributed by atoms with van der Waals surface area (Å²) in [6.45, 7) is 7.27. The van der Waals surface area contributed by atoms with Crippen LogP contribution in [0.4, 0.5) is 0 Å². The van der Waals surface area contributed by atoms with Gasteiger partial charge in [0.2, 0.25) is 0 Å². The lowest BCUT2D eigenvalue weighted by atomic mass is 10.1. The summed E-state index contributed by atoms with van der Waals surface area (Å²) in [5, 5.41) is 0. The van der Waals surface area contributed by atoms with Gasteiger partial charge in [0.05, 0.1) is 13.2 Å². The zero-order valence-electron chi connectivity index (χ0n) is 19.3. The van der Waals surface area contributed by atoms with Crippen LogP contribution in [-0.2, 0) is 32.2 Å². The van der Waals surface area contributed by atoms with Crippen LogP contribution in [0.2, 0.25) is 0 Å². The van der Waals surface area contributed by atoms with Crippen molar-refractivity contribution in [3.05, 3.63) is 71.8 Å². The van der Waals surface area contributed by atoms with Gasteiger partial charge in [-0.2, -0.15) is 0 Å². The van der Waals surface area contributed by atoms with Crippen molar-refractivity contribution < 1.29 is 19.1 Å². The molecule has 5 nitrogen and oxygen atoms in total. The van der Waals surface area contributed by atoms with Crippen LogP contribution in [0, 0.1) is 0 Å². The fourth-order valence-electron chi connectivity index (χ4n) is 3.02. The number of hydrogen-bond acceptors (Lipinski definition) is 5. The van der Waals surface area contributed by atoms with E-state index in [1.165, 1.54) is 11.1 Å². The Morgan fingerprint density at radius 2 is 1.19 bits per heavy atom. The monoisotopic (exact) mass is 553 g/mol. The highest BCUT2D eigenvalue weighted by atomic mass is 127. The van der Waals surface area contributed by atoms with Gasteiger partial charge in [0.1, 0.15) is 0 Å². The number of rotatable bonds is 13. The average Bonchev–Trinajstić information content (AvgIpc) is 2.80. The van der Waals surface area contributed by atoms with Crippen molar-refractivity contribution >= 4 is 34.5 Å². The second-order valence-corrected chi connectivity index (χ2v) is 8.27. The lowest BCUT2D eigenvalue weighted by molar-refractivity contribution is -0.144. The third-order valence-electron chi connectivity index (χ3n) is 4.48. The molecule has 0 aliphatic rings. The number of ether oxygens (including phenoxy) is 2. The third-order valence-corrected chi connectivity index (χ3v) is 5.24. The highest BCUT2D eigenvalue weighted by Crippen LogP contribution is 2.11. The van der Waals surface area contributed by atoms with Gasteiger partial charge in [0.15, 0.2) is 0 Å². The SMILES string of the molecule is CCOC(=O)CCCI.CCOC(=O)CCCN(Cc1ccccc1)Cc1ccccc1. The number of esters is 2. The Morgan fingerprint density at radius 1 is 0.750 bits per heavy atom. The first-order valence-electron chi connectivity index (χ1n) is 11.3. The van der Waals surface area contributed by atoms with E-state index < -0.39 is 0 Å². The van der Waals surface area contributed by atoms with E-state index in [4.69, 9.17) is 9.47 Å². The first-order chi connectivity index (χ1) is 15.6. The van der Waals surface area contributed by atoms with Crippen LogP contribution in [0.25, 0.3) is 0 Å². The van der Waals surface area contributed by atoms with Crippen LogP contribution < -0.4 is 0 Å². The predicted molar refractivity (Wildman–Crippen MR) is 138 cm³/mol. The molecule has 0 spiro atoms. The Kier molecular flexibility index (Phi) is 16.4. The number of carbonyl (C=O) groups is 2. The van der Waals surface area contributed by atoms with Gasteiger partial charge >= 0.3 is 11.9 Å². The van der Waals surface area contributed by atoms with E-state index in [1.54, 1.807) is 0 Å². The molecule has 0 N–H and O–H groups in total. The van der Waals surface area contributed by atoms with Crippen LogP contribution in [0.5, 0.6) is 0 Å². The van der Waals surface area contributed by atoms with Crippen LogP contribution in [0.15, 0.2) is 60.7 Å². The molecule has 6 heteroatoms. The highest BCUT2D eigenvalue weighted by molar-refractivity contribution is 14.1. The molecule has 0 saturated heterocycles. The Hall–Kier alpha value is -1.93. The summed E-state index contributed by atoms with van der Waals surface area (Å²) in [5.74, 6) is -0.180. The van der Waals surface area contributed by atoms with Crippen LogP contribution in [0.3, 0.4) is 0 Å². The fourth-order valence-corrected chi connectivity index (χ4v) is 3.40. The normalized spacial score (nSPS) is 10.2. The number of hydrogen-bond donors (Lipinski definition) is 0. The van der Waals surface area contributed by atoms with Gasteiger partial charge in [-0.1, -0.05) is 83.3 Å². The molecule has 0 heterocycles. The topological polar surface area (TPSA) is 55.8 Å². The molecule has 0 aromatic heterocycles. The molecule has 0 aliphatic carbocycles. The number of alkyl halides is 1. The van der Waals surface area contributed by atoms with Crippen LogP contribution in [0.1, 0.15) is 50.7 Å². The number of halogens is 1. The minimum Gasteiger partial charge on any atom is -0.466 e. The maximum atomic E-state index is 11.5. The van der Waals surface area contributed by atoms with E-state index in [2.05, 4.69) is 76.0 Å². The highest BCUT2D eigenvalue weighted by Gasteiger charge is 2.09. The maximum absolute atomic E-state index is 11.5. The van der Waals surface area contributed by atoms with E-state index >= 15 is 0 Å². The molecule has 0 bridgehead atoms. The van der Waals surface area contributed by atoms with E-state index in [1.807, 2.05) is 26.0 Å². The minimum absolute atomic E-state index is 0.0748. The minimum atomic E-state index is -0.105. The van der Waals surface area contributed by atoms with Crippen LogP contribution in [-0.4, -0.2) is 41.0 Å². The molecule has 0 unspecified atom stereocenters. The first kappa shape index (κ1) is 28.1. The quantitative estimate of drug-likeness (QED) is 0.178. The molecule has 2 aromatic carbocycles. The summed E-state index contributed by atoms with van der Waals surface area (Å²) >= 11 is 2.24. The second kappa shape index (κ2) is 18.6. The molecular formula is C26H36INO4. The lowest BCUT2D eigenvalue weighted by Crippen LogP contribution is -2.24. The van der Waals surface area contributed by atoms with Gasteiger partial charge < -0.3 is 9.47 Å². The van der Waals surface area contributed by atoms with Gasteiger partial charge in [-0.3, -0.25) is 14.5 Å². The largest absolute Gasteiger partial charge is 0.466 e. The molecule has 32 heavy (non-hydrogen) atoms. The number of benzene rings is 2. The molecule has 0 radical (unpaired) electrons. The summed E-state index contributed by atoms with van der Waals surface area (Å²) < 4.78 is 10.7. The predicted octanol–water partition coefficient (Wildman–Crippen LogP) is 5.80. The molecule has 176 valence electrons. The molecule has 0 saturated carbocycles. The van der Waals surface area contributed by atoms with Crippen molar-refractivity contribution in [3.63, 3.8) is 0 Å². The van der Waals surface area contributed by atoms with Crippen molar-refractivity contribution in [2.75, 3.05) is 24.2 Å². The van der Waals surface area contributed by atoms with Crippen molar-refractivity contribution in [2.45, 2.75) is 52.6 Å². The maximum Gasteiger partial charge on any atom is 0.305 e. The molecule has 2 aromatic rings. The van der Waals surface area contributed by atoms with Gasteiger partial charge in [-0.15, -0.1) is 0 Å². The summed E-state index contributed by atoms with van der Waals surface area (Å²) in [6.07, 6.45) is 2.79. The second-order valence-electron chi connectivity index (χ2n) is 7.19. The molecular weight excluding hydrogens is 517 g/mol. The van der Waals surface area contributed by atoms with Crippen molar-refractivity contribution in [1.82, 2.24) is 4.90 Å². The van der Waals surface area contributed by atoms with Gasteiger partial charge in [0.25, 0.3) is 0 Å². The standard InChI is InChI=1S/C20H25NO2.C6H11IO2/c1-2-23-20(22)14-9-15-21(16-18-10-5-3-6-11-18)17-19-12-7-4-8-13-19;1-2-9-6(8)4-3-5-7/h3-8,10-13H,2,9,14-17H2,1H3;2-5H2,1H3. The molecule has 0 atom stereocenters. The molecule has 0 aliphatic heterocycles. The van der Waals surface area contributed by atoms with E-state index in [9.17, 15) is 9.59 Å². The van der Waals surface area contributed by atoms with Gasteiger partial charge in [-0.05, 0) is 44.4 Å². The fraction of sp³-hybridized carbons (Fsp3) is 0.462. The van der Waals surface area contributed by atoms with Crippen molar-refractivity contribution in [1.29, 1.82) is 0 Å². The van der Waals surface area contributed by atoms with E-state index in [0.717, 1.165) is 36.9 Å². The summed E-state index contributed by atoms with van der Waals surface area (Å²) in [5.41, 5.74) is 2.58. The number of nitrogens with zero attached hydrogens (tertiary/aromatic N) is 1. The number of carbonyl (C=O) groups excluding carboxylic acids is 2. The molecule has 2 rings (SSSR count). The van der Waals surface area contributed by atoms with E-state index in [0.29, 0.717) is 26.1 Å². The Balaban J connectivity index is 0.000000482. The lowest BCUT2D eigenvalue weighted by Gasteiger charge is -2.22. The Morgan fingerprint density at radius 3 is 1.59 bits per heavy atom.